The average molecular weight is 557 g/mol. The Bertz CT molecular complexity index is 912. The molecule has 6 nitrogen and oxygen atoms in total. The fraction of sp³-hybridized carbons (Fsp3) is 0.882. The molecule has 0 saturated heterocycles. The van der Waals surface area contributed by atoms with Gasteiger partial charge in [-0.3, -0.25) is 9.79 Å². The normalized spacial score (nSPS) is 35.8. The van der Waals surface area contributed by atoms with Gasteiger partial charge < -0.3 is 21.5 Å². The van der Waals surface area contributed by atoms with Gasteiger partial charge in [-0.1, -0.05) is 65.5 Å². The van der Waals surface area contributed by atoms with Crippen LogP contribution in [0.15, 0.2) is 16.6 Å². The third-order valence-corrected chi connectivity index (χ3v) is 11.9. The second-order valence-electron chi connectivity index (χ2n) is 14.8. The molecule has 4 aliphatic carbocycles. The van der Waals surface area contributed by atoms with Crippen LogP contribution in [-0.2, 0) is 9.53 Å². The first-order valence-electron chi connectivity index (χ1n) is 16.7. The minimum absolute atomic E-state index is 0.0432. The summed E-state index contributed by atoms with van der Waals surface area (Å²) in [6, 6.07) is 0. The Morgan fingerprint density at radius 1 is 1.05 bits per heavy atom. The number of guanidine groups is 1. The highest BCUT2D eigenvalue weighted by molar-refractivity contribution is 5.75. The Balaban J connectivity index is 1.27. The minimum Gasteiger partial charge on any atom is -0.462 e. The molecule has 3 saturated carbocycles. The number of nitrogens with zero attached hydrogens (tertiary/aromatic N) is 1. The molecule has 8 unspecified atom stereocenters. The first kappa shape index (κ1) is 31.4. The highest BCUT2D eigenvalue weighted by Crippen LogP contribution is 2.67. The summed E-state index contributed by atoms with van der Waals surface area (Å²) in [4.78, 5) is 16.5. The molecule has 0 aromatic heterocycles. The lowest BCUT2D eigenvalue weighted by molar-refractivity contribution is -0.151. The molecule has 4 rings (SSSR count). The summed E-state index contributed by atoms with van der Waals surface area (Å²) in [6.45, 7) is 14.6. The van der Waals surface area contributed by atoms with Gasteiger partial charge in [-0.2, -0.15) is 0 Å². The molecule has 0 spiro atoms. The monoisotopic (exact) mass is 556 g/mol. The molecule has 8 atom stereocenters. The number of carbonyl (C=O) groups excluding carboxylic acids is 1. The van der Waals surface area contributed by atoms with E-state index in [0.717, 1.165) is 61.3 Å². The van der Waals surface area contributed by atoms with E-state index in [-0.39, 0.29) is 18.0 Å². The van der Waals surface area contributed by atoms with Crippen molar-refractivity contribution >= 4 is 11.9 Å². The summed E-state index contributed by atoms with van der Waals surface area (Å²) >= 11 is 0. The Morgan fingerprint density at radius 3 is 2.60 bits per heavy atom. The number of esters is 1. The molecule has 0 radical (unpaired) electrons. The van der Waals surface area contributed by atoms with Crippen molar-refractivity contribution < 1.29 is 9.53 Å². The molecule has 0 bridgehead atoms. The molecule has 3 fully saturated rings. The van der Waals surface area contributed by atoms with E-state index in [1.165, 1.54) is 57.8 Å². The van der Waals surface area contributed by atoms with Gasteiger partial charge in [0.1, 0.15) is 6.10 Å². The quantitative estimate of drug-likeness (QED) is 0.0781. The number of nitrogens with one attached hydrogen (secondary N) is 1. The van der Waals surface area contributed by atoms with Crippen LogP contribution >= 0.6 is 0 Å². The predicted molar refractivity (Wildman–Crippen MR) is 166 cm³/mol. The van der Waals surface area contributed by atoms with Gasteiger partial charge in [-0.05, 0) is 104 Å². The zero-order valence-electron chi connectivity index (χ0n) is 26.4. The summed E-state index contributed by atoms with van der Waals surface area (Å²) in [5.74, 6) is 5.19. The van der Waals surface area contributed by atoms with Gasteiger partial charge >= 0.3 is 5.97 Å². The number of hydrogen-bond acceptors (Lipinski definition) is 4. The molecule has 5 N–H and O–H groups in total. The number of allylic oxidation sites excluding steroid dienone is 1. The van der Waals surface area contributed by atoms with E-state index in [4.69, 9.17) is 16.2 Å². The van der Waals surface area contributed by atoms with Gasteiger partial charge in [0.15, 0.2) is 5.96 Å². The van der Waals surface area contributed by atoms with E-state index in [0.29, 0.717) is 30.3 Å². The Morgan fingerprint density at radius 2 is 1.85 bits per heavy atom. The maximum atomic E-state index is 12.6. The van der Waals surface area contributed by atoms with Crippen LogP contribution in [0.4, 0.5) is 0 Å². The van der Waals surface area contributed by atoms with Crippen LogP contribution in [0.1, 0.15) is 118 Å². The second kappa shape index (κ2) is 13.6. The van der Waals surface area contributed by atoms with E-state index in [1.54, 1.807) is 5.57 Å². The fourth-order valence-corrected chi connectivity index (χ4v) is 9.73. The van der Waals surface area contributed by atoms with Crippen LogP contribution < -0.4 is 16.8 Å². The number of ether oxygens (including phenoxy) is 1. The fourth-order valence-electron chi connectivity index (χ4n) is 9.73. The van der Waals surface area contributed by atoms with E-state index in [2.05, 4.69) is 51.0 Å². The van der Waals surface area contributed by atoms with Crippen LogP contribution in [0, 0.1) is 46.3 Å². The molecule has 0 heterocycles. The van der Waals surface area contributed by atoms with Gasteiger partial charge in [0.2, 0.25) is 0 Å². The minimum atomic E-state index is -0.0763. The molecule has 0 aliphatic heterocycles. The third kappa shape index (κ3) is 7.07. The van der Waals surface area contributed by atoms with Crippen LogP contribution in [-0.4, -0.2) is 37.7 Å². The lowest BCUT2D eigenvalue weighted by atomic mass is 9.47. The number of hydrogen-bond donors (Lipinski definition) is 3. The van der Waals surface area contributed by atoms with Crippen molar-refractivity contribution in [2.75, 3.05) is 19.6 Å². The van der Waals surface area contributed by atoms with E-state index < -0.39 is 0 Å². The topological polar surface area (TPSA) is 103 Å². The van der Waals surface area contributed by atoms with Gasteiger partial charge in [0.05, 0.1) is 6.42 Å². The Hall–Kier alpha value is -1.56. The second-order valence-corrected chi connectivity index (χ2v) is 14.8. The maximum Gasteiger partial charge on any atom is 0.307 e. The molecular weight excluding hydrogens is 496 g/mol. The highest BCUT2D eigenvalue weighted by Gasteiger charge is 2.59. The summed E-state index contributed by atoms with van der Waals surface area (Å²) in [6.07, 6.45) is 18.1. The lowest BCUT2D eigenvalue weighted by Crippen LogP contribution is -2.51. The van der Waals surface area contributed by atoms with E-state index >= 15 is 0 Å². The number of aliphatic imine (C=N–C) groups is 1. The zero-order valence-corrected chi connectivity index (χ0v) is 26.4. The largest absolute Gasteiger partial charge is 0.462 e. The zero-order chi connectivity index (χ0) is 28.9. The van der Waals surface area contributed by atoms with E-state index in [1.807, 2.05) is 0 Å². The first-order chi connectivity index (χ1) is 19.0. The van der Waals surface area contributed by atoms with Crippen molar-refractivity contribution in [3.05, 3.63) is 11.6 Å². The van der Waals surface area contributed by atoms with Gasteiger partial charge in [0, 0.05) is 19.5 Å². The summed E-state index contributed by atoms with van der Waals surface area (Å²) in [5, 5.41) is 3.29. The highest BCUT2D eigenvalue weighted by atomic mass is 16.5. The van der Waals surface area contributed by atoms with Gasteiger partial charge in [-0.25, -0.2) is 0 Å². The van der Waals surface area contributed by atoms with Crippen LogP contribution in [0.2, 0.25) is 0 Å². The number of rotatable bonds is 13. The average Bonchev–Trinajstić information content (AvgIpc) is 3.25. The van der Waals surface area contributed by atoms with Gasteiger partial charge in [-0.15, -0.1) is 0 Å². The van der Waals surface area contributed by atoms with Crippen LogP contribution in [0.5, 0.6) is 0 Å². The standard InChI is InChI=1S/C34H60N4O2/c1-23(2)8-6-9-24(3)28-12-13-29-27-11-10-25-22-26(14-17-33(25,4)30(27)15-18-34(28,29)5)40-31(39)16-21-37-19-7-20-38-32(35)36/h10,23-24,26-30,37H,6-9,11-22H2,1-5H3,(H4,35,36,38). The molecule has 0 amide bonds. The molecule has 6 heteroatoms. The molecule has 0 aromatic carbocycles. The number of nitrogens with two attached hydrogens (primary N) is 2. The summed E-state index contributed by atoms with van der Waals surface area (Å²) in [7, 11) is 0. The van der Waals surface area contributed by atoms with Crippen LogP contribution in [0.25, 0.3) is 0 Å². The van der Waals surface area contributed by atoms with Crippen molar-refractivity contribution in [2.24, 2.45) is 62.8 Å². The smallest absolute Gasteiger partial charge is 0.307 e. The lowest BCUT2D eigenvalue weighted by Gasteiger charge is -2.58. The number of carbonyl (C=O) groups is 1. The number of fused-ring (bicyclic) bond motifs is 5. The molecule has 0 aromatic rings. The predicted octanol–water partition coefficient (Wildman–Crippen LogP) is 6.58. The third-order valence-electron chi connectivity index (χ3n) is 11.9. The van der Waals surface area contributed by atoms with Crippen molar-refractivity contribution in [3.63, 3.8) is 0 Å². The van der Waals surface area contributed by atoms with Crippen molar-refractivity contribution in [1.82, 2.24) is 5.32 Å². The Kier molecular flexibility index (Phi) is 10.7. The molecule has 228 valence electrons. The maximum absolute atomic E-state index is 12.6. The molecule has 4 aliphatic rings. The van der Waals surface area contributed by atoms with E-state index in [9.17, 15) is 4.79 Å². The van der Waals surface area contributed by atoms with Gasteiger partial charge in [0.25, 0.3) is 0 Å². The van der Waals surface area contributed by atoms with Crippen molar-refractivity contribution in [1.29, 1.82) is 0 Å². The van der Waals surface area contributed by atoms with Crippen molar-refractivity contribution in [2.45, 2.75) is 124 Å². The SMILES string of the molecule is CC(C)CCCC(C)C1CCC2C3CC=C4CC(OC(=O)CCNCCCN=C(N)N)CCC4(C)C3CCC12C. The molecule has 40 heavy (non-hydrogen) atoms. The Labute approximate surface area is 244 Å². The van der Waals surface area contributed by atoms with Crippen molar-refractivity contribution in [3.8, 4) is 0 Å². The summed E-state index contributed by atoms with van der Waals surface area (Å²) < 4.78 is 5.98. The molecular formula is C34H60N4O2. The first-order valence-corrected chi connectivity index (χ1v) is 16.7. The summed E-state index contributed by atoms with van der Waals surface area (Å²) in [5.41, 5.74) is 13.1. The van der Waals surface area contributed by atoms with Crippen LogP contribution in [0.3, 0.4) is 0 Å².